The zero-order valence-electron chi connectivity index (χ0n) is 20.2. The lowest BCUT2D eigenvalue weighted by atomic mass is 9.86. The van der Waals surface area contributed by atoms with E-state index < -0.39 is 0 Å². The first-order valence-corrected chi connectivity index (χ1v) is 12.9. The van der Waals surface area contributed by atoms with Gasteiger partial charge in [-0.2, -0.15) is 0 Å². The maximum absolute atomic E-state index is 13.9. The van der Waals surface area contributed by atoms with Crippen LogP contribution in [0.3, 0.4) is 0 Å². The van der Waals surface area contributed by atoms with Gasteiger partial charge < -0.3 is 14.5 Å². The van der Waals surface area contributed by atoms with E-state index in [9.17, 15) is 9.18 Å². The molecule has 1 unspecified atom stereocenters. The second kappa shape index (κ2) is 10.3. The quantitative estimate of drug-likeness (QED) is 0.630. The predicted octanol–water partition coefficient (Wildman–Crippen LogP) is 4.88. The number of piperazine rings is 1. The van der Waals surface area contributed by atoms with Gasteiger partial charge in [0.05, 0.1) is 12.8 Å². The summed E-state index contributed by atoms with van der Waals surface area (Å²) >= 11 is 0. The van der Waals surface area contributed by atoms with Crippen LogP contribution in [0.15, 0.2) is 42.5 Å². The third-order valence-electron chi connectivity index (χ3n) is 7.88. The van der Waals surface area contributed by atoms with Gasteiger partial charge >= 0.3 is 0 Å². The van der Waals surface area contributed by atoms with E-state index in [0.717, 1.165) is 69.8 Å². The van der Waals surface area contributed by atoms with Crippen LogP contribution < -0.4 is 14.5 Å². The van der Waals surface area contributed by atoms with E-state index in [0.29, 0.717) is 11.7 Å². The van der Waals surface area contributed by atoms with Crippen LogP contribution in [0, 0.1) is 11.7 Å². The van der Waals surface area contributed by atoms with E-state index in [-0.39, 0.29) is 17.8 Å². The molecular weight excluding hydrogens is 429 g/mol. The standard InChI is InChI=1S/C28H36FN3O2/c1-34-27-14-12-23(29)19-26(27)31-17-15-30(16-18-31)20-24-13-11-21-7-5-6-10-25(21)32(24)28(33)22-8-3-2-4-9-22/h5-7,10,12,14,19,22,24H,2-4,8-9,11,13,15-18,20H2,1H3. The van der Waals surface area contributed by atoms with Gasteiger partial charge in [0.15, 0.2) is 0 Å². The van der Waals surface area contributed by atoms with Gasteiger partial charge in [0.2, 0.25) is 5.91 Å². The fourth-order valence-corrected chi connectivity index (χ4v) is 6.00. The molecule has 0 bridgehead atoms. The van der Waals surface area contributed by atoms with Crippen LogP contribution >= 0.6 is 0 Å². The van der Waals surface area contributed by atoms with Crippen LogP contribution in [0.25, 0.3) is 0 Å². The molecule has 0 N–H and O–H groups in total. The number of ether oxygens (including phenoxy) is 1. The summed E-state index contributed by atoms with van der Waals surface area (Å²) in [5.74, 6) is 0.971. The molecule has 2 aliphatic heterocycles. The van der Waals surface area contributed by atoms with E-state index in [1.54, 1.807) is 19.2 Å². The number of aryl methyl sites for hydroxylation is 1. The molecule has 2 aromatic carbocycles. The molecule has 0 aromatic heterocycles. The smallest absolute Gasteiger partial charge is 0.230 e. The number of anilines is 2. The molecule has 1 saturated heterocycles. The van der Waals surface area contributed by atoms with Crippen molar-refractivity contribution in [1.29, 1.82) is 0 Å². The van der Waals surface area contributed by atoms with Crippen molar-refractivity contribution in [3.63, 3.8) is 0 Å². The molecule has 0 radical (unpaired) electrons. The van der Waals surface area contributed by atoms with E-state index >= 15 is 0 Å². The molecule has 1 amide bonds. The molecule has 34 heavy (non-hydrogen) atoms. The molecule has 3 aliphatic rings. The van der Waals surface area contributed by atoms with Gasteiger partial charge in [-0.25, -0.2) is 4.39 Å². The number of benzene rings is 2. The fraction of sp³-hybridized carbons (Fsp3) is 0.536. The summed E-state index contributed by atoms with van der Waals surface area (Å²) < 4.78 is 19.4. The molecule has 0 spiro atoms. The maximum Gasteiger partial charge on any atom is 0.230 e. The van der Waals surface area contributed by atoms with Gasteiger partial charge in [-0.1, -0.05) is 37.5 Å². The zero-order chi connectivity index (χ0) is 23.5. The van der Waals surface area contributed by atoms with E-state index in [1.165, 1.54) is 30.9 Å². The summed E-state index contributed by atoms with van der Waals surface area (Å²) in [4.78, 5) is 20.6. The highest BCUT2D eigenvalue weighted by Gasteiger charge is 2.36. The Bertz CT molecular complexity index is 999. The summed E-state index contributed by atoms with van der Waals surface area (Å²) in [6, 6.07) is 13.4. The molecule has 1 saturated carbocycles. The second-order valence-electron chi connectivity index (χ2n) is 9.97. The fourth-order valence-electron chi connectivity index (χ4n) is 6.00. The average molecular weight is 466 g/mol. The third-order valence-corrected chi connectivity index (χ3v) is 7.88. The monoisotopic (exact) mass is 465 g/mol. The number of amides is 1. The second-order valence-corrected chi connectivity index (χ2v) is 9.97. The first-order valence-electron chi connectivity index (χ1n) is 12.9. The van der Waals surface area contributed by atoms with Crippen molar-refractivity contribution in [3.8, 4) is 5.75 Å². The van der Waals surface area contributed by atoms with Crippen molar-refractivity contribution >= 4 is 17.3 Å². The summed E-state index contributed by atoms with van der Waals surface area (Å²) in [6.07, 6.45) is 7.67. The number of rotatable bonds is 5. The van der Waals surface area contributed by atoms with Gasteiger partial charge in [0.25, 0.3) is 0 Å². The molecule has 2 aromatic rings. The first kappa shape index (κ1) is 23.2. The SMILES string of the molecule is COc1ccc(F)cc1N1CCN(CC2CCc3ccccc3N2C(=O)C2CCCCC2)CC1. The summed E-state index contributed by atoms with van der Waals surface area (Å²) in [7, 11) is 1.63. The van der Waals surface area contributed by atoms with E-state index in [1.807, 2.05) is 0 Å². The van der Waals surface area contributed by atoms with Gasteiger partial charge in [0, 0.05) is 56.4 Å². The minimum absolute atomic E-state index is 0.166. The highest BCUT2D eigenvalue weighted by Crippen LogP contribution is 2.36. The molecule has 5 rings (SSSR count). The highest BCUT2D eigenvalue weighted by molar-refractivity contribution is 5.97. The lowest BCUT2D eigenvalue weighted by Gasteiger charge is -2.44. The number of methoxy groups -OCH3 is 1. The molecule has 5 nitrogen and oxygen atoms in total. The average Bonchev–Trinajstić information content (AvgIpc) is 2.89. The van der Waals surface area contributed by atoms with Crippen molar-refractivity contribution in [2.45, 2.75) is 51.0 Å². The molecule has 6 heteroatoms. The van der Waals surface area contributed by atoms with Crippen molar-refractivity contribution < 1.29 is 13.9 Å². The van der Waals surface area contributed by atoms with Gasteiger partial charge in [-0.05, 0) is 49.4 Å². The Morgan fingerprint density at radius 2 is 1.74 bits per heavy atom. The van der Waals surface area contributed by atoms with Crippen LogP contribution in [0.4, 0.5) is 15.8 Å². The summed E-state index contributed by atoms with van der Waals surface area (Å²) in [6.45, 7) is 4.31. The number of halogens is 1. The van der Waals surface area contributed by atoms with Crippen LogP contribution in [0.1, 0.15) is 44.1 Å². The number of hydrogen-bond acceptors (Lipinski definition) is 4. The Kier molecular flexibility index (Phi) is 7.05. The summed E-state index contributed by atoms with van der Waals surface area (Å²) in [5.41, 5.74) is 3.24. The van der Waals surface area contributed by atoms with Crippen LogP contribution in [-0.4, -0.2) is 56.7 Å². The van der Waals surface area contributed by atoms with Gasteiger partial charge in [-0.15, -0.1) is 0 Å². The number of hydrogen-bond donors (Lipinski definition) is 0. The Hall–Kier alpha value is -2.60. The molecule has 1 aliphatic carbocycles. The highest BCUT2D eigenvalue weighted by atomic mass is 19.1. The summed E-state index contributed by atoms with van der Waals surface area (Å²) in [5, 5.41) is 0. The van der Waals surface area contributed by atoms with Crippen LogP contribution in [0.2, 0.25) is 0 Å². The number of nitrogens with zero attached hydrogens (tertiary/aromatic N) is 3. The predicted molar refractivity (Wildman–Crippen MR) is 134 cm³/mol. The molecule has 2 fully saturated rings. The van der Waals surface area contributed by atoms with E-state index in [2.05, 4.69) is 39.0 Å². The minimum atomic E-state index is -0.240. The maximum atomic E-state index is 13.9. The van der Waals surface area contributed by atoms with E-state index in [4.69, 9.17) is 4.74 Å². The molecule has 182 valence electrons. The van der Waals surface area contributed by atoms with Crippen LogP contribution in [-0.2, 0) is 11.2 Å². The Labute approximate surface area is 202 Å². The van der Waals surface area contributed by atoms with Crippen molar-refractivity contribution in [2.24, 2.45) is 5.92 Å². The Morgan fingerprint density at radius 1 is 0.971 bits per heavy atom. The van der Waals surface area contributed by atoms with Gasteiger partial charge in [-0.3, -0.25) is 9.69 Å². The third kappa shape index (κ3) is 4.78. The Morgan fingerprint density at radius 3 is 2.50 bits per heavy atom. The number of carbonyl (C=O) groups is 1. The van der Waals surface area contributed by atoms with Crippen LogP contribution in [0.5, 0.6) is 5.75 Å². The van der Waals surface area contributed by atoms with Crippen molar-refractivity contribution in [2.75, 3.05) is 49.6 Å². The lowest BCUT2D eigenvalue weighted by molar-refractivity contribution is -0.124. The molecular formula is C28H36FN3O2. The lowest BCUT2D eigenvalue weighted by Crippen LogP contribution is -2.55. The number of carbonyl (C=O) groups excluding carboxylic acids is 1. The largest absolute Gasteiger partial charge is 0.495 e. The minimum Gasteiger partial charge on any atom is -0.495 e. The first-order chi connectivity index (χ1) is 16.6. The number of fused-ring (bicyclic) bond motifs is 1. The molecule has 2 heterocycles. The zero-order valence-corrected chi connectivity index (χ0v) is 20.2. The van der Waals surface area contributed by atoms with Gasteiger partial charge in [0.1, 0.15) is 11.6 Å². The molecule has 1 atom stereocenters. The number of para-hydroxylation sites is 1. The normalized spacial score (nSPS) is 21.9. The topological polar surface area (TPSA) is 36.0 Å². The Balaban J connectivity index is 1.29. The van der Waals surface area contributed by atoms with Crippen molar-refractivity contribution in [1.82, 2.24) is 4.90 Å². The van der Waals surface area contributed by atoms with Crippen molar-refractivity contribution in [3.05, 3.63) is 53.8 Å².